The van der Waals surface area contributed by atoms with E-state index in [1.807, 2.05) is 0 Å². The molecule has 5 heteroatoms. The molecule has 1 atom stereocenters. The lowest BCUT2D eigenvalue weighted by Crippen LogP contribution is -2.43. The Hall–Kier alpha value is -1.20. The third-order valence-corrected chi connectivity index (χ3v) is 3.19. The van der Waals surface area contributed by atoms with Gasteiger partial charge in [-0.15, -0.1) is 6.58 Å². The molecule has 0 aliphatic carbocycles. The maximum absolute atomic E-state index is 11.7. The largest absolute Gasteiger partial charge is 0.462 e. The van der Waals surface area contributed by atoms with E-state index in [1.165, 1.54) is 24.3 Å². The van der Waals surface area contributed by atoms with Crippen LogP contribution in [0.25, 0.3) is 0 Å². The first kappa shape index (κ1) is 11.3. The van der Waals surface area contributed by atoms with Crippen LogP contribution >= 0.6 is 11.8 Å². The topological polar surface area (TPSA) is 47.6 Å². The molecule has 0 bridgehead atoms. The van der Waals surface area contributed by atoms with Crippen LogP contribution < -0.4 is 5.32 Å². The van der Waals surface area contributed by atoms with Crippen LogP contribution in [-0.4, -0.2) is 23.5 Å². The first-order chi connectivity index (χ1) is 7.83. The second-order valence-corrected chi connectivity index (χ2v) is 4.44. The zero-order chi connectivity index (χ0) is 11.4. The summed E-state index contributed by atoms with van der Waals surface area (Å²) >= 11 is 1.32. The SMILES string of the molecule is C=CCC1=C(C2NCCSC2=O)OC=CO1. The Morgan fingerprint density at radius 2 is 2.38 bits per heavy atom. The molecule has 1 unspecified atom stereocenters. The van der Waals surface area contributed by atoms with Crippen molar-refractivity contribution in [2.24, 2.45) is 0 Å². The summed E-state index contributed by atoms with van der Waals surface area (Å²) in [7, 11) is 0. The van der Waals surface area contributed by atoms with Gasteiger partial charge in [0.2, 0.25) is 5.12 Å². The minimum atomic E-state index is -0.404. The summed E-state index contributed by atoms with van der Waals surface area (Å²) in [5.74, 6) is 2.00. The number of carbonyl (C=O) groups is 1. The van der Waals surface area contributed by atoms with Crippen molar-refractivity contribution in [2.45, 2.75) is 12.5 Å². The zero-order valence-corrected chi connectivity index (χ0v) is 9.59. The molecule has 0 aromatic rings. The van der Waals surface area contributed by atoms with Gasteiger partial charge in [0.15, 0.2) is 5.76 Å². The fourth-order valence-corrected chi connectivity index (χ4v) is 2.34. The van der Waals surface area contributed by atoms with E-state index in [2.05, 4.69) is 11.9 Å². The van der Waals surface area contributed by atoms with Crippen LogP contribution in [0, 0.1) is 0 Å². The molecular weight excluding hydrogens is 226 g/mol. The van der Waals surface area contributed by atoms with Gasteiger partial charge in [-0.3, -0.25) is 10.1 Å². The molecule has 2 aliphatic heterocycles. The summed E-state index contributed by atoms with van der Waals surface area (Å²) in [5, 5.41) is 3.20. The molecule has 2 rings (SSSR count). The molecule has 0 aromatic heterocycles. The van der Waals surface area contributed by atoms with Crippen LogP contribution in [0.5, 0.6) is 0 Å². The highest BCUT2D eigenvalue weighted by Crippen LogP contribution is 2.25. The lowest BCUT2D eigenvalue weighted by Gasteiger charge is -2.26. The maximum Gasteiger partial charge on any atom is 0.213 e. The molecule has 16 heavy (non-hydrogen) atoms. The number of hydrogen-bond acceptors (Lipinski definition) is 5. The molecular formula is C11H13NO3S. The number of thioether (sulfide) groups is 1. The first-order valence-electron chi connectivity index (χ1n) is 5.05. The van der Waals surface area contributed by atoms with Crippen LogP contribution in [0.3, 0.4) is 0 Å². The van der Waals surface area contributed by atoms with Gasteiger partial charge in [-0.1, -0.05) is 17.8 Å². The number of nitrogens with one attached hydrogen (secondary N) is 1. The first-order valence-corrected chi connectivity index (χ1v) is 6.04. The lowest BCUT2D eigenvalue weighted by molar-refractivity contribution is -0.113. The van der Waals surface area contributed by atoms with Crippen molar-refractivity contribution < 1.29 is 14.3 Å². The van der Waals surface area contributed by atoms with E-state index >= 15 is 0 Å². The van der Waals surface area contributed by atoms with Crippen LogP contribution in [0.2, 0.25) is 0 Å². The Labute approximate surface area is 98.4 Å². The highest BCUT2D eigenvalue weighted by atomic mass is 32.2. The molecule has 0 radical (unpaired) electrons. The minimum absolute atomic E-state index is 0.0710. The fraction of sp³-hybridized carbons (Fsp3) is 0.364. The quantitative estimate of drug-likeness (QED) is 0.757. The fourth-order valence-electron chi connectivity index (χ4n) is 1.56. The summed E-state index contributed by atoms with van der Waals surface area (Å²) in [5.41, 5.74) is 0. The van der Waals surface area contributed by atoms with Crippen molar-refractivity contribution >= 4 is 16.9 Å². The Balaban J connectivity index is 2.20. The minimum Gasteiger partial charge on any atom is -0.462 e. The van der Waals surface area contributed by atoms with Gasteiger partial charge in [0.05, 0.1) is 0 Å². The summed E-state index contributed by atoms with van der Waals surface area (Å²) in [6.07, 6.45) is 5.17. The van der Waals surface area contributed by atoms with Crippen molar-refractivity contribution in [3.8, 4) is 0 Å². The van der Waals surface area contributed by atoms with E-state index in [0.29, 0.717) is 17.9 Å². The van der Waals surface area contributed by atoms with Crippen molar-refractivity contribution in [1.82, 2.24) is 5.32 Å². The van der Waals surface area contributed by atoms with E-state index in [1.54, 1.807) is 6.08 Å². The van der Waals surface area contributed by atoms with Crippen molar-refractivity contribution in [2.75, 3.05) is 12.3 Å². The van der Waals surface area contributed by atoms with Crippen molar-refractivity contribution in [1.29, 1.82) is 0 Å². The number of ether oxygens (including phenoxy) is 2. The van der Waals surface area contributed by atoms with Gasteiger partial charge in [0.1, 0.15) is 24.3 Å². The second-order valence-electron chi connectivity index (χ2n) is 3.34. The van der Waals surface area contributed by atoms with Crippen molar-refractivity contribution in [3.05, 3.63) is 36.7 Å². The Kier molecular flexibility index (Phi) is 3.69. The Morgan fingerprint density at radius 3 is 3.12 bits per heavy atom. The van der Waals surface area contributed by atoms with Crippen LogP contribution in [0.15, 0.2) is 36.7 Å². The average Bonchev–Trinajstić information content (AvgIpc) is 2.31. The molecule has 1 N–H and O–H groups in total. The Bertz CT molecular complexity index is 358. The molecule has 1 fully saturated rings. The number of carbonyl (C=O) groups excluding carboxylic acids is 1. The van der Waals surface area contributed by atoms with E-state index in [-0.39, 0.29) is 5.12 Å². The molecule has 0 spiro atoms. The number of rotatable bonds is 3. The second kappa shape index (κ2) is 5.23. The monoisotopic (exact) mass is 239 g/mol. The van der Waals surface area contributed by atoms with E-state index in [9.17, 15) is 4.79 Å². The third kappa shape index (κ3) is 2.31. The molecule has 0 amide bonds. The molecule has 1 saturated heterocycles. The van der Waals surface area contributed by atoms with Gasteiger partial charge in [0.25, 0.3) is 0 Å². The lowest BCUT2D eigenvalue weighted by atomic mass is 10.2. The van der Waals surface area contributed by atoms with E-state index in [4.69, 9.17) is 9.47 Å². The highest BCUT2D eigenvalue weighted by Gasteiger charge is 2.31. The smallest absolute Gasteiger partial charge is 0.213 e. The predicted molar refractivity (Wildman–Crippen MR) is 62.4 cm³/mol. The summed E-state index contributed by atoms with van der Waals surface area (Å²) in [4.78, 5) is 11.7. The van der Waals surface area contributed by atoms with E-state index < -0.39 is 6.04 Å². The van der Waals surface area contributed by atoms with Gasteiger partial charge in [0, 0.05) is 18.7 Å². The van der Waals surface area contributed by atoms with E-state index in [0.717, 1.165) is 12.3 Å². The van der Waals surface area contributed by atoms with Gasteiger partial charge >= 0.3 is 0 Å². The van der Waals surface area contributed by atoms with Gasteiger partial charge in [-0.05, 0) is 0 Å². The number of hydrogen-bond donors (Lipinski definition) is 1. The van der Waals surface area contributed by atoms with Crippen LogP contribution in [0.4, 0.5) is 0 Å². The van der Waals surface area contributed by atoms with Crippen molar-refractivity contribution in [3.63, 3.8) is 0 Å². The third-order valence-electron chi connectivity index (χ3n) is 2.26. The summed E-state index contributed by atoms with van der Waals surface area (Å²) in [6, 6.07) is -0.404. The molecule has 2 aliphatic rings. The predicted octanol–water partition coefficient (Wildman–Crippen LogP) is 1.52. The highest BCUT2D eigenvalue weighted by molar-refractivity contribution is 8.13. The van der Waals surface area contributed by atoms with Gasteiger partial charge in [-0.25, -0.2) is 0 Å². The maximum atomic E-state index is 11.7. The molecule has 0 aromatic carbocycles. The van der Waals surface area contributed by atoms with Crippen LogP contribution in [-0.2, 0) is 14.3 Å². The summed E-state index contributed by atoms with van der Waals surface area (Å²) < 4.78 is 10.7. The molecule has 2 heterocycles. The van der Waals surface area contributed by atoms with Gasteiger partial charge < -0.3 is 9.47 Å². The standard InChI is InChI=1S/C11H13NO3S/c1-2-3-8-10(15-6-5-14-8)9-11(13)16-7-4-12-9/h2,5-6,9,12H,1,3-4,7H2. The Morgan fingerprint density at radius 1 is 1.56 bits per heavy atom. The summed E-state index contributed by atoms with van der Waals surface area (Å²) in [6.45, 7) is 4.44. The average molecular weight is 239 g/mol. The molecule has 86 valence electrons. The molecule has 0 saturated carbocycles. The normalized spacial score (nSPS) is 25.0. The van der Waals surface area contributed by atoms with Crippen LogP contribution in [0.1, 0.15) is 6.42 Å². The van der Waals surface area contributed by atoms with Gasteiger partial charge in [-0.2, -0.15) is 0 Å². The zero-order valence-electron chi connectivity index (χ0n) is 8.77. The number of allylic oxidation sites excluding steroid dienone is 1. The molecule has 4 nitrogen and oxygen atoms in total.